The van der Waals surface area contributed by atoms with E-state index in [1.54, 1.807) is 18.2 Å². The summed E-state index contributed by atoms with van der Waals surface area (Å²) in [7, 11) is 1.51. The first-order valence-corrected chi connectivity index (χ1v) is 9.06. The van der Waals surface area contributed by atoms with E-state index in [9.17, 15) is 9.59 Å². The molecular formula is C20H18Cl2N2O3. The number of benzene rings is 2. The fourth-order valence-corrected chi connectivity index (χ4v) is 3.30. The molecule has 0 spiro atoms. The van der Waals surface area contributed by atoms with Gasteiger partial charge in [0.25, 0.3) is 11.8 Å². The lowest BCUT2D eigenvalue weighted by molar-refractivity contribution is -0.137. The molecule has 5 nitrogen and oxygen atoms in total. The number of hydrogen-bond donors (Lipinski definition) is 1. The van der Waals surface area contributed by atoms with Gasteiger partial charge in [-0.15, -0.1) is 0 Å². The zero-order chi connectivity index (χ0) is 19.6. The molecule has 0 aliphatic carbocycles. The third-order valence-corrected chi connectivity index (χ3v) is 4.76. The van der Waals surface area contributed by atoms with Gasteiger partial charge in [0.2, 0.25) is 0 Å². The van der Waals surface area contributed by atoms with Crippen LogP contribution in [-0.4, -0.2) is 37.0 Å². The van der Waals surface area contributed by atoms with Crippen LogP contribution in [0.25, 0.3) is 5.57 Å². The number of anilines is 1. The maximum atomic E-state index is 13.0. The van der Waals surface area contributed by atoms with Gasteiger partial charge in [0.05, 0.1) is 23.7 Å². The molecule has 140 valence electrons. The smallest absolute Gasteiger partial charge is 0.278 e. The topological polar surface area (TPSA) is 58.6 Å². The highest BCUT2D eigenvalue weighted by molar-refractivity contribution is 6.41. The summed E-state index contributed by atoms with van der Waals surface area (Å²) in [5.41, 5.74) is 2.65. The molecule has 0 atom stereocenters. The molecule has 0 aromatic heterocycles. The van der Waals surface area contributed by atoms with E-state index in [0.717, 1.165) is 10.5 Å². The van der Waals surface area contributed by atoms with Crippen molar-refractivity contribution in [2.45, 2.75) is 6.92 Å². The van der Waals surface area contributed by atoms with E-state index in [1.165, 1.54) is 7.11 Å². The molecule has 27 heavy (non-hydrogen) atoms. The molecule has 1 N–H and O–H groups in total. The van der Waals surface area contributed by atoms with Crippen molar-refractivity contribution in [3.63, 3.8) is 0 Å². The molecule has 0 unspecified atom stereocenters. The molecule has 0 fully saturated rings. The van der Waals surface area contributed by atoms with Gasteiger partial charge in [-0.25, -0.2) is 0 Å². The van der Waals surface area contributed by atoms with Gasteiger partial charge in [0.1, 0.15) is 5.70 Å². The van der Waals surface area contributed by atoms with E-state index in [-0.39, 0.29) is 24.4 Å². The van der Waals surface area contributed by atoms with E-state index >= 15 is 0 Å². The third-order valence-electron chi connectivity index (χ3n) is 4.21. The van der Waals surface area contributed by atoms with Gasteiger partial charge in [-0.1, -0.05) is 47.0 Å². The molecule has 2 amide bonds. The number of carbonyl (C=O) groups is 2. The lowest BCUT2D eigenvalue weighted by atomic mass is 10.0. The summed E-state index contributed by atoms with van der Waals surface area (Å²) in [6, 6.07) is 12.3. The predicted octanol–water partition coefficient (Wildman–Crippen LogP) is 4.14. The number of methoxy groups -OCH3 is 1. The maximum absolute atomic E-state index is 13.0. The number of carbonyl (C=O) groups excluding carboxylic acids is 2. The highest BCUT2D eigenvalue weighted by Gasteiger charge is 2.39. The summed E-state index contributed by atoms with van der Waals surface area (Å²) in [6.45, 7) is 2.37. The number of nitrogens with one attached hydrogen (secondary N) is 1. The number of aryl methyl sites for hydroxylation is 1. The largest absolute Gasteiger partial charge is 0.383 e. The monoisotopic (exact) mass is 404 g/mol. The van der Waals surface area contributed by atoms with E-state index in [2.05, 4.69) is 5.32 Å². The first-order valence-electron chi connectivity index (χ1n) is 8.31. The Hall–Kier alpha value is -2.34. The maximum Gasteiger partial charge on any atom is 0.278 e. The molecule has 0 bridgehead atoms. The van der Waals surface area contributed by atoms with Gasteiger partial charge < -0.3 is 10.1 Å². The quantitative estimate of drug-likeness (QED) is 0.734. The number of hydrogen-bond acceptors (Lipinski definition) is 4. The number of rotatable bonds is 6. The Morgan fingerprint density at radius 3 is 2.37 bits per heavy atom. The Balaban J connectivity index is 2.07. The summed E-state index contributed by atoms with van der Waals surface area (Å²) in [5.74, 6) is -0.838. The van der Waals surface area contributed by atoms with Crippen LogP contribution < -0.4 is 5.32 Å². The van der Waals surface area contributed by atoms with Crippen LogP contribution in [0.4, 0.5) is 5.69 Å². The van der Waals surface area contributed by atoms with Crippen molar-refractivity contribution in [2.24, 2.45) is 0 Å². The summed E-state index contributed by atoms with van der Waals surface area (Å²) < 4.78 is 5.02. The normalized spacial score (nSPS) is 14.3. The van der Waals surface area contributed by atoms with E-state index in [1.807, 2.05) is 31.2 Å². The third kappa shape index (κ3) is 4.00. The van der Waals surface area contributed by atoms with E-state index < -0.39 is 11.8 Å². The minimum Gasteiger partial charge on any atom is -0.383 e. The number of ether oxygens (including phenoxy) is 1. The number of amides is 2. The summed E-state index contributed by atoms with van der Waals surface area (Å²) >= 11 is 12.3. The molecule has 1 heterocycles. The lowest BCUT2D eigenvalue weighted by Crippen LogP contribution is -2.35. The fourth-order valence-electron chi connectivity index (χ4n) is 2.80. The average Bonchev–Trinajstić information content (AvgIpc) is 2.86. The molecule has 2 aromatic carbocycles. The van der Waals surface area contributed by atoms with Crippen molar-refractivity contribution >= 4 is 46.3 Å². The Kier molecular flexibility index (Phi) is 5.85. The summed E-state index contributed by atoms with van der Waals surface area (Å²) in [5, 5.41) is 3.83. The minimum absolute atomic E-state index is 0.155. The van der Waals surface area contributed by atoms with Gasteiger partial charge in [0.15, 0.2) is 0 Å². The summed E-state index contributed by atoms with van der Waals surface area (Å²) in [6.07, 6.45) is 0. The van der Waals surface area contributed by atoms with Crippen molar-refractivity contribution < 1.29 is 14.3 Å². The van der Waals surface area contributed by atoms with Crippen LogP contribution in [0.1, 0.15) is 11.1 Å². The van der Waals surface area contributed by atoms with Crippen molar-refractivity contribution in [3.05, 3.63) is 69.3 Å². The zero-order valence-electron chi connectivity index (χ0n) is 14.9. The highest BCUT2D eigenvalue weighted by Crippen LogP contribution is 2.35. The van der Waals surface area contributed by atoms with Gasteiger partial charge >= 0.3 is 0 Å². The number of imide groups is 1. The van der Waals surface area contributed by atoms with Gasteiger partial charge in [-0.2, -0.15) is 0 Å². The minimum atomic E-state index is -0.420. The second-order valence-electron chi connectivity index (χ2n) is 6.12. The van der Waals surface area contributed by atoms with Gasteiger partial charge in [-0.3, -0.25) is 14.5 Å². The molecule has 0 saturated heterocycles. The fraction of sp³-hybridized carbons (Fsp3) is 0.200. The first-order chi connectivity index (χ1) is 12.9. The van der Waals surface area contributed by atoms with Crippen LogP contribution in [0, 0.1) is 6.92 Å². The van der Waals surface area contributed by atoms with Crippen molar-refractivity contribution in [3.8, 4) is 0 Å². The Labute approximate surface area is 167 Å². The molecule has 1 aliphatic heterocycles. The van der Waals surface area contributed by atoms with E-state index in [0.29, 0.717) is 21.3 Å². The second-order valence-corrected chi connectivity index (χ2v) is 6.96. The molecule has 0 saturated carbocycles. The molecule has 2 aromatic rings. The lowest BCUT2D eigenvalue weighted by Gasteiger charge is -2.14. The SMILES string of the molecule is COCCN1C(=O)C(Nc2ccc(C)cc2)=C(c2ccc(Cl)cc2Cl)C1=O. The van der Waals surface area contributed by atoms with E-state index in [4.69, 9.17) is 27.9 Å². The van der Waals surface area contributed by atoms with Crippen molar-refractivity contribution in [1.29, 1.82) is 0 Å². The average molecular weight is 405 g/mol. The van der Waals surface area contributed by atoms with Crippen LogP contribution in [0.2, 0.25) is 10.0 Å². The highest BCUT2D eigenvalue weighted by atomic mass is 35.5. The second kappa shape index (κ2) is 8.13. The van der Waals surface area contributed by atoms with Crippen LogP contribution in [0.5, 0.6) is 0 Å². The number of halogens is 2. The summed E-state index contributed by atoms with van der Waals surface area (Å²) in [4.78, 5) is 27.0. The first kappa shape index (κ1) is 19.4. The van der Waals surface area contributed by atoms with Gasteiger partial charge in [-0.05, 0) is 31.2 Å². The zero-order valence-corrected chi connectivity index (χ0v) is 16.4. The van der Waals surface area contributed by atoms with Crippen LogP contribution in [0.15, 0.2) is 48.2 Å². The van der Waals surface area contributed by atoms with Crippen LogP contribution in [0.3, 0.4) is 0 Å². The molecular weight excluding hydrogens is 387 g/mol. The molecule has 1 aliphatic rings. The number of nitrogens with zero attached hydrogens (tertiary/aromatic N) is 1. The molecule has 7 heteroatoms. The van der Waals surface area contributed by atoms with Crippen molar-refractivity contribution in [2.75, 3.05) is 25.6 Å². The van der Waals surface area contributed by atoms with Crippen LogP contribution >= 0.6 is 23.2 Å². The Morgan fingerprint density at radius 2 is 1.74 bits per heavy atom. The van der Waals surface area contributed by atoms with Crippen molar-refractivity contribution in [1.82, 2.24) is 4.90 Å². The van der Waals surface area contributed by atoms with Crippen LogP contribution in [-0.2, 0) is 14.3 Å². The van der Waals surface area contributed by atoms with Gasteiger partial charge in [0, 0.05) is 23.4 Å². The Morgan fingerprint density at radius 1 is 1.04 bits per heavy atom. The molecule has 0 radical (unpaired) electrons. The predicted molar refractivity (Wildman–Crippen MR) is 107 cm³/mol. The molecule has 3 rings (SSSR count). The Bertz CT molecular complexity index is 923. The standard InChI is InChI=1S/C20H18Cl2N2O3/c1-12-3-6-14(7-4-12)23-18-17(15-8-5-13(21)11-16(15)22)19(25)24(20(18)26)9-10-27-2/h3-8,11,23H,9-10H2,1-2H3.